The molecule has 0 bridgehead atoms. The molecule has 1 fully saturated rings. The van der Waals surface area contributed by atoms with Crippen molar-refractivity contribution in [1.82, 2.24) is 9.80 Å². The number of fused-ring (bicyclic) bond motifs is 1. The molecule has 1 saturated heterocycles. The van der Waals surface area contributed by atoms with E-state index in [0.717, 1.165) is 17.7 Å². The van der Waals surface area contributed by atoms with Crippen LogP contribution in [0, 0.1) is 0 Å². The molecular formula is C24H26N2O5. The number of methoxy groups -OCH3 is 1. The van der Waals surface area contributed by atoms with Crippen LogP contribution in [0.25, 0.3) is 5.76 Å². The second-order valence-electron chi connectivity index (χ2n) is 7.96. The molecule has 31 heavy (non-hydrogen) atoms. The van der Waals surface area contributed by atoms with E-state index in [1.54, 1.807) is 25.3 Å². The minimum absolute atomic E-state index is 0.0760. The van der Waals surface area contributed by atoms with Crippen molar-refractivity contribution >= 4 is 17.4 Å². The van der Waals surface area contributed by atoms with E-state index in [9.17, 15) is 14.7 Å². The molecule has 2 aromatic carbocycles. The number of para-hydroxylation sites is 1. The third kappa shape index (κ3) is 3.77. The number of ketones is 1. The van der Waals surface area contributed by atoms with E-state index in [-0.39, 0.29) is 11.3 Å². The van der Waals surface area contributed by atoms with Crippen molar-refractivity contribution in [1.29, 1.82) is 0 Å². The number of carbonyl (C=O) groups excluding carboxylic acids is 2. The number of aliphatic hydroxyl groups excluding tert-OH is 1. The summed E-state index contributed by atoms with van der Waals surface area (Å²) in [7, 11) is 5.36. The Bertz CT molecular complexity index is 1060. The van der Waals surface area contributed by atoms with Gasteiger partial charge in [0.1, 0.15) is 17.3 Å². The first-order valence-electron chi connectivity index (χ1n) is 10.2. The molecule has 0 aromatic heterocycles. The van der Waals surface area contributed by atoms with Crippen molar-refractivity contribution in [2.24, 2.45) is 0 Å². The molecule has 0 radical (unpaired) electrons. The minimum atomic E-state index is -0.736. The van der Waals surface area contributed by atoms with Gasteiger partial charge in [-0.3, -0.25) is 9.59 Å². The molecule has 162 valence electrons. The number of hydrogen-bond acceptors (Lipinski definition) is 6. The van der Waals surface area contributed by atoms with Gasteiger partial charge >= 0.3 is 0 Å². The van der Waals surface area contributed by atoms with Crippen LogP contribution in [0.5, 0.6) is 11.5 Å². The summed E-state index contributed by atoms with van der Waals surface area (Å²) in [5, 5.41) is 11.2. The quantitative estimate of drug-likeness (QED) is 0.438. The van der Waals surface area contributed by atoms with Gasteiger partial charge in [0.05, 0.1) is 25.3 Å². The molecule has 0 aliphatic carbocycles. The first-order chi connectivity index (χ1) is 14.9. The zero-order valence-electron chi connectivity index (χ0n) is 17.9. The van der Waals surface area contributed by atoms with Crippen molar-refractivity contribution in [3.8, 4) is 11.5 Å². The molecule has 1 N–H and O–H groups in total. The lowest BCUT2D eigenvalue weighted by Crippen LogP contribution is -2.35. The molecule has 0 saturated carbocycles. The fourth-order valence-corrected chi connectivity index (χ4v) is 4.12. The fraction of sp³-hybridized carbons (Fsp3) is 0.333. The van der Waals surface area contributed by atoms with Gasteiger partial charge < -0.3 is 24.4 Å². The van der Waals surface area contributed by atoms with Crippen molar-refractivity contribution in [2.45, 2.75) is 12.5 Å². The van der Waals surface area contributed by atoms with E-state index in [2.05, 4.69) is 0 Å². The van der Waals surface area contributed by atoms with Crippen LogP contribution in [-0.2, 0) is 16.0 Å². The Labute approximate surface area is 181 Å². The Morgan fingerprint density at radius 2 is 2.00 bits per heavy atom. The van der Waals surface area contributed by atoms with Gasteiger partial charge in [-0.15, -0.1) is 0 Å². The number of carbonyl (C=O) groups is 2. The summed E-state index contributed by atoms with van der Waals surface area (Å²) in [4.78, 5) is 29.6. The highest BCUT2D eigenvalue weighted by Crippen LogP contribution is 2.43. The molecule has 2 aliphatic rings. The highest BCUT2D eigenvalue weighted by atomic mass is 16.5. The van der Waals surface area contributed by atoms with Gasteiger partial charge in [0, 0.05) is 30.6 Å². The minimum Gasteiger partial charge on any atom is -0.507 e. The molecule has 1 atom stereocenters. The number of hydrogen-bond donors (Lipinski definition) is 1. The van der Waals surface area contributed by atoms with Crippen LogP contribution < -0.4 is 9.47 Å². The smallest absolute Gasteiger partial charge is 0.295 e. The molecule has 0 spiro atoms. The number of likely N-dealkylation sites (N-methyl/N-ethyl adjacent to an activating group) is 1. The fourth-order valence-electron chi connectivity index (χ4n) is 4.12. The lowest BCUT2D eigenvalue weighted by molar-refractivity contribution is -0.140. The lowest BCUT2D eigenvalue weighted by Gasteiger charge is -2.27. The number of benzene rings is 2. The van der Waals surface area contributed by atoms with Crippen molar-refractivity contribution in [3.63, 3.8) is 0 Å². The summed E-state index contributed by atoms with van der Waals surface area (Å²) in [5.74, 6) is -0.161. The predicted octanol–water partition coefficient (Wildman–Crippen LogP) is 2.61. The summed E-state index contributed by atoms with van der Waals surface area (Å²) < 4.78 is 11.1. The monoisotopic (exact) mass is 422 g/mol. The first-order valence-corrected chi connectivity index (χ1v) is 10.2. The molecule has 2 aliphatic heterocycles. The second kappa shape index (κ2) is 8.43. The molecule has 1 amide bonds. The standard InChI is InChI=1S/C24H26N2O5/c1-25(2)11-12-26-21(17-6-4-5-7-19(17)30-3)20(23(28)24(26)29)22(27)16-8-9-18-15(14-16)10-13-31-18/h4-9,14,21,27H,10-13H2,1-3H3/b22-20+. The van der Waals surface area contributed by atoms with Crippen molar-refractivity contribution in [2.75, 3.05) is 40.9 Å². The maximum Gasteiger partial charge on any atom is 0.295 e. The molecule has 7 heteroatoms. The Morgan fingerprint density at radius 1 is 1.23 bits per heavy atom. The van der Waals surface area contributed by atoms with Crippen LogP contribution in [0.3, 0.4) is 0 Å². The summed E-state index contributed by atoms with van der Waals surface area (Å²) >= 11 is 0. The average molecular weight is 422 g/mol. The Kier molecular flexibility index (Phi) is 5.69. The molecular weight excluding hydrogens is 396 g/mol. The Morgan fingerprint density at radius 3 is 2.74 bits per heavy atom. The Hall–Kier alpha value is -3.32. The predicted molar refractivity (Wildman–Crippen MR) is 116 cm³/mol. The third-order valence-corrected chi connectivity index (χ3v) is 5.72. The van der Waals surface area contributed by atoms with E-state index in [4.69, 9.17) is 9.47 Å². The molecule has 2 heterocycles. The molecule has 2 aromatic rings. The van der Waals surface area contributed by atoms with E-state index in [0.29, 0.717) is 36.6 Å². The maximum absolute atomic E-state index is 13.1. The van der Waals surface area contributed by atoms with Gasteiger partial charge in [0.2, 0.25) is 0 Å². The van der Waals surface area contributed by atoms with Crippen LogP contribution in [0.2, 0.25) is 0 Å². The third-order valence-electron chi connectivity index (χ3n) is 5.72. The van der Waals surface area contributed by atoms with Gasteiger partial charge in [-0.05, 0) is 43.9 Å². The van der Waals surface area contributed by atoms with Gasteiger partial charge in [0.15, 0.2) is 0 Å². The first kappa shape index (κ1) is 20.9. The number of likely N-dealkylation sites (tertiary alicyclic amines) is 1. The zero-order chi connectivity index (χ0) is 22.1. The molecule has 7 nitrogen and oxygen atoms in total. The van der Waals surface area contributed by atoms with Crippen LogP contribution in [0.15, 0.2) is 48.0 Å². The number of amides is 1. The second-order valence-corrected chi connectivity index (χ2v) is 7.96. The SMILES string of the molecule is COc1ccccc1C1/C(=C(\O)c2ccc3c(c2)CCO3)C(=O)C(=O)N1CCN(C)C. The van der Waals surface area contributed by atoms with E-state index >= 15 is 0 Å². The summed E-state index contributed by atoms with van der Waals surface area (Å²) in [6.07, 6.45) is 0.740. The molecule has 1 unspecified atom stereocenters. The number of rotatable bonds is 6. The summed E-state index contributed by atoms with van der Waals surface area (Å²) in [6.45, 7) is 1.51. The van der Waals surface area contributed by atoms with Crippen LogP contribution in [0.4, 0.5) is 0 Å². The highest BCUT2D eigenvalue weighted by molar-refractivity contribution is 6.46. The van der Waals surface area contributed by atoms with Crippen molar-refractivity contribution < 1.29 is 24.2 Å². The zero-order valence-corrected chi connectivity index (χ0v) is 17.9. The summed E-state index contributed by atoms with van der Waals surface area (Å²) in [6, 6.07) is 11.9. The Balaban J connectivity index is 1.86. The number of nitrogens with zero attached hydrogens (tertiary/aromatic N) is 2. The van der Waals surface area contributed by atoms with Gasteiger partial charge in [-0.1, -0.05) is 18.2 Å². The van der Waals surface area contributed by atoms with Crippen molar-refractivity contribution in [3.05, 3.63) is 64.7 Å². The highest BCUT2D eigenvalue weighted by Gasteiger charge is 2.46. The van der Waals surface area contributed by atoms with E-state index in [1.165, 1.54) is 4.90 Å². The number of ether oxygens (including phenoxy) is 2. The number of Topliss-reactive ketones (excluding diaryl/α,β-unsaturated/α-hetero) is 1. The van der Waals surface area contributed by atoms with Crippen LogP contribution >= 0.6 is 0 Å². The van der Waals surface area contributed by atoms with E-state index < -0.39 is 17.7 Å². The van der Waals surface area contributed by atoms with E-state index in [1.807, 2.05) is 43.3 Å². The average Bonchev–Trinajstić information content (AvgIpc) is 3.34. The maximum atomic E-state index is 13.1. The molecule has 4 rings (SSSR count). The lowest BCUT2D eigenvalue weighted by atomic mass is 9.94. The van der Waals surface area contributed by atoms with Crippen LogP contribution in [0.1, 0.15) is 22.7 Å². The number of aliphatic hydroxyl groups is 1. The van der Waals surface area contributed by atoms with Gasteiger partial charge in [0.25, 0.3) is 11.7 Å². The van der Waals surface area contributed by atoms with Crippen LogP contribution in [-0.4, -0.2) is 67.5 Å². The normalized spacial score (nSPS) is 19.6. The van der Waals surface area contributed by atoms with Gasteiger partial charge in [-0.25, -0.2) is 0 Å². The van der Waals surface area contributed by atoms with Gasteiger partial charge in [-0.2, -0.15) is 0 Å². The summed E-state index contributed by atoms with van der Waals surface area (Å²) in [5.41, 5.74) is 2.20. The topological polar surface area (TPSA) is 79.3 Å². The largest absolute Gasteiger partial charge is 0.507 e.